The fraction of sp³-hybridized carbons (Fsp3) is 0.267. The first-order valence-electron chi connectivity index (χ1n) is 6.30. The first-order valence-corrected chi connectivity index (χ1v) is 6.68. The molecule has 0 spiro atoms. The minimum absolute atomic E-state index is 0. The third-order valence-corrected chi connectivity index (χ3v) is 2.97. The van der Waals surface area contributed by atoms with E-state index in [1.807, 2.05) is 43.5 Å². The highest BCUT2D eigenvalue weighted by molar-refractivity contribution is 6.32. The molecule has 0 unspecified atom stereocenters. The molecule has 2 aromatic rings. The van der Waals surface area contributed by atoms with Crippen molar-refractivity contribution in [3.05, 3.63) is 58.9 Å². The number of benzene rings is 1. The second-order valence-corrected chi connectivity index (χ2v) is 4.57. The van der Waals surface area contributed by atoms with Crippen molar-refractivity contribution in [1.29, 1.82) is 0 Å². The normalized spacial score (nSPS) is 9.90. The van der Waals surface area contributed by atoms with Crippen LogP contribution in [0.25, 0.3) is 0 Å². The second kappa shape index (κ2) is 8.80. The molecule has 2 rings (SSSR count). The lowest BCUT2D eigenvalue weighted by molar-refractivity contribution is -0.00000442. The Morgan fingerprint density at radius 1 is 1.20 bits per heavy atom. The summed E-state index contributed by atoms with van der Waals surface area (Å²) in [6, 6.07) is 9.85. The molecule has 1 aromatic heterocycles. The highest BCUT2D eigenvalue weighted by Gasteiger charge is 2.02. The number of halogens is 2. The molecule has 20 heavy (non-hydrogen) atoms. The van der Waals surface area contributed by atoms with E-state index in [2.05, 4.69) is 10.3 Å². The van der Waals surface area contributed by atoms with Crippen LogP contribution in [0.15, 0.2) is 42.7 Å². The van der Waals surface area contributed by atoms with Crippen LogP contribution in [-0.4, -0.2) is 11.6 Å². The van der Waals surface area contributed by atoms with Gasteiger partial charge in [-0.1, -0.05) is 23.7 Å². The van der Waals surface area contributed by atoms with Gasteiger partial charge < -0.3 is 22.5 Å². The van der Waals surface area contributed by atoms with Crippen molar-refractivity contribution in [2.45, 2.75) is 20.0 Å². The molecule has 0 amide bonds. The van der Waals surface area contributed by atoms with Crippen molar-refractivity contribution in [1.82, 2.24) is 10.3 Å². The van der Waals surface area contributed by atoms with Gasteiger partial charge in [0.1, 0.15) is 5.75 Å². The molecule has 0 aliphatic carbocycles. The van der Waals surface area contributed by atoms with Gasteiger partial charge in [-0.25, -0.2) is 0 Å². The maximum Gasteiger partial charge on any atom is 0.137 e. The molecule has 1 aromatic carbocycles. The number of pyridine rings is 1. The molecule has 0 fully saturated rings. The maximum absolute atomic E-state index is 6.14. The zero-order valence-corrected chi connectivity index (χ0v) is 12.8. The van der Waals surface area contributed by atoms with E-state index in [9.17, 15) is 0 Å². The predicted molar refractivity (Wildman–Crippen MR) is 77.4 cm³/mol. The van der Waals surface area contributed by atoms with E-state index in [4.69, 9.17) is 16.3 Å². The standard InChI is InChI=1S/C15H17ClN2O.ClH/c1-2-19-15-6-5-12(8-14(15)16)9-18-11-13-4-3-7-17-10-13;/h3-8,10,18H,2,9,11H2,1H3;1H/p-1. The number of hydrogen-bond acceptors (Lipinski definition) is 3. The van der Waals surface area contributed by atoms with E-state index in [0.717, 1.165) is 24.4 Å². The Labute approximate surface area is 130 Å². The fourth-order valence-electron chi connectivity index (χ4n) is 1.78. The smallest absolute Gasteiger partial charge is 0.137 e. The Morgan fingerprint density at radius 3 is 2.65 bits per heavy atom. The van der Waals surface area contributed by atoms with E-state index >= 15 is 0 Å². The van der Waals surface area contributed by atoms with Crippen LogP contribution in [0.2, 0.25) is 5.02 Å². The van der Waals surface area contributed by atoms with Crippen molar-refractivity contribution in [2.75, 3.05) is 6.61 Å². The quantitative estimate of drug-likeness (QED) is 0.840. The lowest BCUT2D eigenvalue weighted by Crippen LogP contribution is -3.00. The van der Waals surface area contributed by atoms with Gasteiger partial charge >= 0.3 is 0 Å². The summed E-state index contributed by atoms with van der Waals surface area (Å²) < 4.78 is 5.40. The number of ether oxygens (including phenoxy) is 1. The summed E-state index contributed by atoms with van der Waals surface area (Å²) in [5, 5.41) is 4.01. The van der Waals surface area contributed by atoms with Gasteiger partial charge in [-0.15, -0.1) is 0 Å². The lowest BCUT2D eigenvalue weighted by atomic mass is 10.2. The van der Waals surface area contributed by atoms with Crippen LogP contribution in [0.1, 0.15) is 18.1 Å². The molecule has 0 bridgehead atoms. The van der Waals surface area contributed by atoms with Crippen molar-refractivity contribution in [2.24, 2.45) is 0 Å². The topological polar surface area (TPSA) is 34.1 Å². The maximum atomic E-state index is 6.14. The summed E-state index contributed by atoms with van der Waals surface area (Å²) in [5.74, 6) is 0.736. The molecule has 1 heterocycles. The number of nitrogens with one attached hydrogen (secondary N) is 1. The predicted octanol–water partition coefficient (Wildman–Crippen LogP) is 0.427. The SMILES string of the molecule is CCOc1ccc(CNCc2cccnc2)cc1Cl.[Cl-]. The molecule has 108 valence electrons. The third kappa shape index (κ3) is 5.00. The minimum atomic E-state index is 0. The van der Waals surface area contributed by atoms with Crippen molar-refractivity contribution < 1.29 is 17.1 Å². The largest absolute Gasteiger partial charge is 1.00 e. The molecular weight excluding hydrogens is 295 g/mol. The number of aromatic nitrogens is 1. The average molecular weight is 312 g/mol. The molecule has 0 aliphatic heterocycles. The first kappa shape index (κ1) is 16.8. The average Bonchev–Trinajstić information content (AvgIpc) is 2.43. The number of nitrogens with zero attached hydrogens (tertiary/aromatic N) is 1. The first-order chi connectivity index (χ1) is 9.29. The van der Waals surface area contributed by atoms with E-state index < -0.39 is 0 Å². The Hall–Kier alpha value is -1.29. The summed E-state index contributed by atoms with van der Waals surface area (Å²) >= 11 is 6.14. The van der Waals surface area contributed by atoms with E-state index in [0.29, 0.717) is 11.6 Å². The molecule has 5 heteroatoms. The van der Waals surface area contributed by atoms with Crippen LogP contribution >= 0.6 is 11.6 Å². The molecular formula is C15H17Cl2N2O-. The van der Waals surface area contributed by atoms with Crippen LogP contribution < -0.4 is 22.5 Å². The minimum Gasteiger partial charge on any atom is -1.00 e. The Morgan fingerprint density at radius 2 is 2.00 bits per heavy atom. The van der Waals surface area contributed by atoms with Crippen LogP contribution in [0.3, 0.4) is 0 Å². The van der Waals surface area contributed by atoms with E-state index in [1.54, 1.807) is 6.20 Å². The van der Waals surface area contributed by atoms with Gasteiger partial charge in [0.05, 0.1) is 11.6 Å². The van der Waals surface area contributed by atoms with Crippen molar-refractivity contribution in [3.8, 4) is 5.75 Å². The van der Waals surface area contributed by atoms with Gasteiger partial charge in [-0.2, -0.15) is 0 Å². The Balaban J connectivity index is 0.00000200. The Bertz CT molecular complexity index is 521. The van der Waals surface area contributed by atoms with Crippen LogP contribution in [-0.2, 0) is 13.1 Å². The molecule has 3 nitrogen and oxygen atoms in total. The summed E-state index contributed by atoms with van der Waals surface area (Å²) in [5.41, 5.74) is 2.30. The number of rotatable bonds is 6. The van der Waals surface area contributed by atoms with Gasteiger partial charge in [-0.3, -0.25) is 4.98 Å². The van der Waals surface area contributed by atoms with Gasteiger partial charge in [0.2, 0.25) is 0 Å². The van der Waals surface area contributed by atoms with E-state index in [-0.39, 0.29) is 12.4 Å². The summed E-state index contributed by atoms with van der Waals surface area (Å²) in [6.45, 7) is 4.12. The van der Waals surface area contributed by atoms with Crippen molar-refractivity contribution in [3.63, 3.8) is 0 Å². The molecule has 0 atom stereocenters. The molecule has 0 saturated heterocycles. The summed E-state index contributed by atoms with van der Waals surface area (Å²) in [6.07, 6.45) is 3.63. The molecule has 0 radical (unpaired) electrons. The van der Waals surface area contributed by atoms with E-state index in [1.165, 1.54) is 5.56 Å². The van der Waals surface area contributed by atoms with Gasteiger partial charge in [0.15, 0.2) is 0 Å². The molecule has 1 N–H and O–H groups in total. The van der Waals surface area contributed by atoms with Gasteiger partial charge in [-0.05, 0) is 36.2 Å². The van der Waals surface area contributed by atoms with Crippen LogP contribution in [0.5, 0.6) is 5.75 Å². The zero-order chi connectivity index (χ0) is 13.5. The number of hydrogen-bond donors (Lipinski definition) is 1. The van der Waals surface area contributed by atoms with Gasteiger partial charge in [0.25, 0.3) is 0 Å². The zero-order valence-electron chi connectivity index (χ0n) is 11.3. The van der Waals surface area contributed by atoms with Crippen LogP contribution in [0.4, 0.5) is 0 Å². The highest BCUT2D eigenvalue weighted by Crippen LogP contribution is 2.25. The summed E-state index contributed by atoms with van der Waals surface area (Å²) in [7, 11) is 0. The van der Waals surface area contributed by atoms with Crippen molar-refractivity contribution >= 4 is 11.6 Å². The summed E-state index contributed by atoms with van der Waals surface area (Å²) in [4.78, 5) is 4.08. The van der Waals surface area contributed by atoms with Crippen LogP contribution in [0, 0.1) is 0 Å². The fourth-order valence-corrected chi connectivity index (χ4v) is 2.04. The molecule has 0 saturated carbocycles. The monoisotopic (exact) mass is 311 g/mol. The van der Waals surface area contributed by atoms with Gasteiger partial charge in [0, 0.05) is 25.5 Å². The second-order valence-electron chi connectivity index (χ2n) is 4.16. The lowest BCUT2D eigenvalue weighted by Gasteiger charge is -2.08. The molecule has 0 aliphatic rings. The third-order valence-electron chi connectivity index (χ3n) is 2.68. The Kier molecular flexibility index (Phi) is 7.37. The highest BCUT2D eigenvalue weighted by atomic mass is 35.5.